The molecule has 1 N–H and O–H groups in total. The number of hydrogen-bond acceptors (Lipinski definition) is 9. The maximum Gasteiger partial charge on any atom is 0.253 e. The number of rotatable bonds is 8. The second-order valence-corrected chi connectivity index (χ2v) is 15.6. The summed E-state index contributed by atoms with van der Waals surface area (Å²) in [6, 6.07) is 24.7. The molecule has 0 radical (unpaired) electrons. The number of amides is 2. The van der Waals surface area contributed by atoms with Crippen molar-refractivity contribution in [2.75, 3.05) is 25.4 Å². The molecule has 0 saturated carbocycles. The zero-order chi connectivity index (χ0) is 33.1. The van der Waals surface area contributed by atoms with Gasteiger partial charge in [-0.1, -0.05) is 54.6 Å². The van der Waals surface area contributed by atoms with E-state index in [1.165, 1.54) is 17.7 Å². The van der Waals surface area contributed by atoms with Gasteiger partial charge in [-0.25, -0.2) is 23.7 Å². The van der Waals surface area contributed by atoms with Gasteiger partial charge in [-0.3, -0.25) is 9.59 Å². The molecule has 0 bridgehead atoms. The number of ether oxygens (including phenoxy) is 1. The average Bonchev–Trinajstić information content (AvgIpc) is 3.82. The first-order chi connectivity index (χ1) is 23.3. The fraction of sp³-hybridized carbons (Fsp3) is 0.306. The van der Waals surface area contributed by atoms with E-state index in [0.29, 0.717) is 29.2 Å². The zero-order valence-corrected chi connectivity index (χ0v) is 27.8. The normalized spacial score (nSPS) is 21.1. The summed E-state index contributed by atoms with van der Waals surface area (Å²) in [6.45, 7) is 0.715. The smallest absolute Gasteiger partial charge is 0.253 e. The molecule has 2 fully saturated rings. The van der Waals surface area contributed by atoms with E-state index in [4.69, 9.17) is 14.0 Å². The van der Waals surface area contributed by atoms with Crippen molar-refractivity contribution in [3.8, 4) is 21.8 Å². The highest BCUT2D eigenvalue weighted by Gasteiger charge is 2.50. The highest BCUT2D eigenvalue weighted by Crippen LogP contribution is 2.45. The van der Waals surface area contributed by atoms with E-state index in [9.17, 15) is 18.0 Å². The lowest BCUT2D eigenvalue weighted by molar-refractivity contribution is -0.200. The molecule has 10 nitrogen and oxygen atoms in total. The Hall–Kier alpha value is -4.36. The van der Waals surface area contributed by atoms with Gasteiger partial charge in [0.05, 0.1) is 18.4 Å². The van der Waals surface area contributed by atoms with E-state index < -0.39 is 26.8 Å². The van der Waals surface area contributed by atoms with Crippen LogP contribution in [0.25, 0.3) is 32.5 Å². The predicted octanol–water partition coefficient (Wildman–Crippen LogP) is 6.34. The third kappa shape index (κ3) is 6.53. The van der Waals surface area contributed by atoms with Crippen LogP contribution >= 0.6 is 11.3 Å². The molecule has 0 aliphatic carbocycles. The minimum Gasteiger partial charge on any atom is -0.444 e. The molecule has 7 rings (SSSR count). The molecule has 12 heteroatoms. The second kappa shape index (κ2) is 13.6. The Morgan fingerprint density at radius 2 is 1.79 bits per heavy atom. The fourth-order valence-electron chi connectivity index (χ4n) is 6.40. The molecule has 3 aromatic carbocycles. The van der Waals surface area contributed by atoms with E-state index in [1.807, 2.05) is 66.7 Å². The molecule has 248 valence electrons. The Balaban J connectivity index is 1.18. The molecule has 4 heterocycles. The maximum atomic E-state index is 14.4. The van der Waals surface area contributed by atoms with Crippen LogP contribution in [0, 0.1) is 0 Å². The highest BCUT2D eigenvalue weighted by molar-refractivity contribution is 7.92. The van der Waals surface area contributed by atoms with Gasteiger partial charge < -0.3 is 14.1 Å². The summed E-state index contributed by atoms with van der Waals surface area (Å²) in [5.41, 5.74) is 4.72. The lowest BCUT2D eigenvalue weighted by Crippen LogP contribution is -2.43. The molecular formula is C36H35N3O7S2. The van der Waals surface area contributed by atoms with Crippen molar-refractivity contribution < 1.29 is 32.0 Å². The van der Waals surface area contributed by atoms with Crippen molar-refractivity contribution in [3.05, 3.63) is 102 Å². The summed E-state index contributed by atoms with van der Waals surface area (Å²) >= 11 is 1.34. The first kappa shape index (κ1) is 32.2. The molecule has 2 atom stereocenters. The van der Waals surface area contributed by atoms with Gasteiger partial charge >= 0.3 is 0 Å². The number of carbonyl (C=O) groups is 2. The van der Waals surface area contributed by atoms with Gasteiger partial charge in [0.2, 0.25) is 5.91 Å². The second-order valence-electron chi connectivity index (χ2n) is 12.1. The minimum atomic E-state index is -3.95. The summed E-state index contributed by atoms with van der Waals surface area (Å²) in [7, 11) is -3.95. The molecule has 2 unspecified atom stereocenters. The monoisotopic (exact) mass is 685 g/mol. The van der Waals surface area contributed by atoms with Gasteiger partial charge in [0.15, 0.2) is 28.3 Å². The Bertz CT molecular complexity index is 2020. The molecule has 2 amide bonds. The quantitative estimate of drug-likeness (QED) is 0.187. The predicted molar refractivity (Wildman–Crippen MR) is 183 cm³/mol. The summed E-state index contributed by atoms with van der Waals surface area (Å²) in [5, 5.41) is 1.94. The van der Waals surface area contributed by atoms with Gasteiger partial charge in [-0.15, -0.1) is 11.3 Å². The standard InChI is InChI=1S/C36H35N3O7S2/c40-33(38-46-34-7-3-4-19-44-34)22-36(32-15-14-31(47-32)27-11-9-26(10-12-27)30-23-37-24-45-30)16-17-39(18-20-48(36,42)43)35(41)29-13-8-25-5-1-2-6-28(25)21-29/h1-2,5-6,8-15,21,23-24,34H,3-4,7,16-20,22H2,(H,38,40). The Labute approximate surface area is 282 Å². The molecule has 2 aromatic heterocycles. The van der Waals surface area contributed by atoms with Crippen LogP contribution in [-0.4, -0.2) is 61.9 Å². The van der Waals surface area contributed by atoms with Crippen LogP contribution in [0.5, 0.6) is 0 Å². The fourth-order valence-corrected chi connectivity index (χ4v) is 10.0. The topological polar surface area (TPSA) is 128 Å². The van der Waals surface area contributed by atoms with Crippen molar-refractivity contribution in [2.45, 2.75) is 43.1 Å². The molecule has 0 spiro atoms. The molecule has 2 aliphatic heterocycles. The van der Waals surface area contributed by atoms with Gasteiger partial charge in [0.1, 0.15) is 4.75 Å². The number of hydrogen-bond donors (Lipinski definition) is 1. The van der Waals surface area contributed by atoms with Crippen molar-refractivity contribution in [3.63, 3.8) is 0 Å². The van der Waals surface area contributed by atoms with E-state index in [-0.39, 0.29) is 37.6 Å². The number of hydroxylamine groups is 1. The van der Waals surface area contributed by atoms with Crippen molar-refractivity contribution in [1.82, 2.24) is 15.4 Å². The van der Waals surface area contributed by atoms with Crippen LogP contribution in [0.2, 0.25) is 0 Å². The number of nitrogens with zero attached hydrogens (tertiary/aromatic N) is 2. The molecule has 48 heavy (non-hydrogen) atoms. The molecule has 5 aromatic rings. The largest absolute Gasteiger partial charge is 0.444 e. The Morgan fingerprint density at radius 1 is 0.979 bits per heavy atom. The number of thiophene rings is 1. The zero-order valence-electron chi connectivity index (χ0n) is 26.2. The number of sulfone groups is 1. The van der Waals surface area contributed by atoms with Crippen molar-refractivity contribution >= 4 is 43.8 Å². The Kier molecular flexibility index (Phi) is 9.15. The lowest BCUT2D eigenvalue weighted by Gasteiger charge is -2.31. The number of oxazole rings is 1. The maximum absolute atomic E-state index is 14.4. The van der Waals surface area contributed by atoms with Crippen LogP contribution in [0.15, 0.2) is 95.9 Å². The number of fused-ring (bicyclic) bond motifs is 1. The lowest BCUT2D eigenvalue weighted by atomic mass is 9.97. The summed E-state index contributed by atoms with van der Waals surface area (Å²) in [4.78, 5) is 39.7. The first-order valence-electron chi connectivity index (χ1n) is 16.0. The van der Waals surface area contributed by atoms with E-state index in [1.54, 1.807) is 23.2 Å². The number of benzene rings is 3. The van der Waals surface area contributed by atoms with Crippen LogP contribution in [0.1, 0.15) is 47.3 Å². The molecule has 2 aliphatic rings. The average molecular weight is 686 g/mol. The van der Waals surface area contributed by atoms with Gasteiger partial charge in [0.25, 0.3) is 5.91 Å². The van der Waals surface area contributed by atoms with Gasteiger partial charge in [-0.05, 0) is 59.9 Å². The van der Waals surface area contributed by atoms with Crippen LogP contribution in [-0.2, 0) is 29.0 Å². The van der Waals surface area contributed by atoms with E-state index >= 15 is 0 Å². The minimum absolute atomic E-state index is 0.0190. The van der Waals surface area contributed by atoms with Crippen LogP contribution in [0.3, 0.4) is 0 Å². The summed E-state index contributed by atoms with van der Waals surface area (Å²) in [6.07, 6.45) is 4.61. The van der Waals surface area contributed by atoms with Crippen molar-refractivity contribution in [1.29, 1.82) is 0 Å². The SMILES string of the molecule is O=C(CC1(c2ccc(-c3ccc(-c4cnco4)cc3)s2)CCN(C(=O)c2ccc3ccccc3c2)CCS1(=O)=O)NOC1CCCCO1. The third-order valence-electron chi connectivity index (χ3n) is 9.12. The summed E-state index contributed by atoms with van der Waals surface area (Å²) in [5.74, 6) is -0.446. The molecule has 2 saturated heterocycles. The van der Waals surface area contributed by atoms with Gasteiger partial charge in [0, 0.05) is 47.0 Å². The Morgan fingerprint density at radius 3 is 2.56 bits per heavy atom. The molecular weight excluding hydrogens is 651 g/mol. The highest BCUT2D eigenvalue weighted by atomic mass is 32.2. The summed E-state index contributed by atoms with van der Waals surface area (Å²) < 4.78 is 38.2. The first-order valence-corrected chi connectivity index (χ1v) is 18.4. The van der Waals surface area contributed by atoms with E-state index in [2.05, 4.69) is 10.5 Å². The van der Waals surface area contributed by atoms with Crippen molar-refractivity contribution in [2.24, 2.45) is 0 Å². The number of nitrogens with one attached hydrogen (secondary N) is 1. The van der Waals surface area contributed by atoms with Gasteiger partial charge in [-0.2, -0.15) is 0 Å². The number of aromatic nitrogens is 1. The third-order valence-corrected chi connectivity index (χ3v) is 13.1. The van der Waals surface area contributed by atoms with Crippen LogP contribution in [0.4, 0.5) is 0 Å². The number of carbonyl (C=O) groups excluding carboxylic acids is 2. The van der Waals surface area contributed by atoms with Crippen LogP contribution < -0.4 is 5.48 Å². The van der Waals surface area contributed by atoms with E-state index in [0.717, 1.165) is 39.6 Å².